The summed E-state index contributed by atoms with van der Waals surface area (Å²) in [5, 5.41) is 16.8. The van der Waals surface area contributed by atoms with Crippen LogP contribution in [0.3, 0.4) is 0 Å². The zero-order valence-electron chi connectivity index (χ0n) is 10.9. The first kappa shape index (κ1) is 15.9. The summed E-state index contributed by atoms with van der Waals surface area (Å²) in [7, 11) is -3.90. The molecule has 0 aliphatic heterocycles. The van der Waals surface area contributed by atoms with E-state index < -0.39 is 15.8 Å². The molecule has 0 aliphatic carbocycles. The minimum atomic E-state index is -3.90. The Morgan fingerprint density at radius 3 is 2.47 bits per heavy atom. The molecule has 0 amide bonds. The molecule has 1 aromatic rings. The Hall–Kier alpha value is -1.18. The summed E-state index contributed by atoms with van der Waals surface area (Å²) in [6.45, 7) is 3.89. The van der Waals surface area contributed by atoms with Crippen LogP contribution in [0.15, 0.2) is 23.1 Å². The van der Waals surface area contributed by atoms with Gasteiger partial charge < -0.3 is 10.4 Å². The average molecular weight is 290 g/mol. The SMILES string of the molecule is CC(C)C(CCO)Nc1ccc(S(N)(=O)=O)cc1F. The third kappa shape index (κ3) is 4.45. The summed E-state index contributed by atoms with van der Waals surface area (Å²) < 4.78 is 36.0. The molecule has 19 heavy (non-hydrogen) atoms. The fraction of sp³-hybridized carbons (Fsp3) is 0.500. The van der Waals surface area contributed by atoms with Gasteiger partial charge in [0.1, 0.15) is 5.82 Å². The van der Waals surface area contributed by atoms with E-state index >= 15 is 0 Å². The summed E-state index contributed by atoms with van der Waals surface area (Å²) in [6, 6.07) is 3.37. The summed E-state index contributed by atoms with van der Waals surface area (Å²) in [6.07, 6.45) is 0.480. The number of halogens is 1. The van der Waals surface area contributed by atoms with E-state index in [1.165, 1.54) is 12.1 Å². The highest BCUT2D eigenvalue weighted by Crippen LogP contribution is 2.21. The molecule has 0 saturated heterocycles. The van der Waals surface area contributed by atoms with Gasteiger partial charge in [0.15, 0.2) is 0 Å². The molecule has 7 heteroatoms. The molecule has 0 heterocycles. The molecule has 0 saturated carbocycles. The van der Waals surface area contributed by atoms with Gasteiger partial charge in [0.25, 0.3) is 0 Å². The van der Waals surface area contributed by atoms with E-state index in [-0.39, 0.29) is 29.1 Å². The normalized spacial score (nSPS) is 13.6. The van der Waals surface area contributed by atoms with Crippen molar-refractivity contribution in [3.05, 3.63) is 24.0 Å². The summed E-state index contributed by atoms with van der Waals surface area (Å²) in [5.41, 5.74) is 0.194. The molecule has 0 radical (unpaired) electrons. The van der Waals surface area contributed by atoms with Crippen molar-refractivity contribution in [2.45, 2.75) is 31.2 Å². The Morgan fingerprint density at radius 2 is 2.05 bits per heavy atom. The largest absolute Gasteiger partial charge is 0.396 e. The van der Waals surface area contributed by atoms with Crippen molar-refractivity contribution in [2.24, 2.45) is 11.1 Å². The van der Waals surface area contributed by atoms with E-state index in [0.29, 0.717) is 6.42 Å². The molecule has 0 fully saturated rings. The van der Waals surface area contributed by atoms with Crippen LogP contribution in [0.1, 0.15) is 20.3 Å². The van der Waals surface area contributed by atoms with E-state index in [1.54, 1.807) is 0 Å². The number of anilines is 1. The molecule has 1 unspecified atom stereocenters. The molecular formula is C12H19FN2O3S. The number of nitrogens with one attached hydrogen (secondary N) is 1. The Balaban J connectivity index is 2.97. The van der Waals surface area contributed by atoms with Crippen LogP contribution in [0.2, 0.25) is 0 Å². The van der Waals surface area contributed by atoms with Crippen LogP contribution in [0, 0.1) is 11.7 Å². The van der Waals surface area contributed by atoms with Gasteiger partial charge in [-0.05, 0) is 30.5 Å². The Bertz CT molecular complexity index is 532. The fourth-order valence-electron chi connectivity index (χ4n) is 1.70. The van der Waals surface area contributed by atoms with Gasteiger partial charge in [-0.1, -0.05) is 13.8 Å². The molecule has 0 aromatic heterocycles. The monoisotopic (exact) mass is 290 g/mol. The molecule has 0 aliphatic rings. The van der Waals surface area contributed by atoms with Crippen LogP contribution in [0.4, 0.5) is 10.1 Å². The molecule has 0 bridgehead atoms. The molecule has 5 nitrogen and oxygen atoms in total. The smallest absolute Gasteiger partial charge is 0.238 e. The van der Waals surface area contributed by atoms with Crippen molar-refractivity contribution >= 4 is 15.7 Å². The Morgan fingerprint density at radius 1 is 1.42 bits per heavy atom. The second-order valence-electron chi connectivity index (χ2n) is 4.69. The van der Waals surface area contributed by atoms with Crippen molar-refractivity contribution in [2.75, 3.05) is 11.9 Å². The van der Waals surface area contributed by atoms with Gasteiger partial charge in [0, 0.05) is 12.6 Å². The predicted octanol–water partition coefficient (Wildman–Crippen LogP) is 1.29. The van der Waals surface area contributed by atoms with Crippen molar-refractivity contribution in [1.82, 2.24) is 0 Å². The van der Waals surface area contributed by atoms with Crippen LogP contribution < -0.4 is 10.5 Å². The first-order valence-electron chi connectivity index (χ1n) is 5.95. The van der Waals surface area contributed by atoms with E-state index in [9.17, 15) is 12.8 Å². The number of sulfonamides is 1. The van der Waals surface area contributed by atoms with Gasteiger partial charge >= 0.3 is 0 Å². The van der Waals surface area contributed by atoms with Crippen molar-refractivity contribution in [1.29, 1.82) is 0 Å². The Kier molecular flexibility index (Phi) is 5.28. The summed E-state index contributed by atoms with van der Waals surface area (Å²) in [5.74, 6) is -0.486. The summed E-state index contributed by atoms with van der Waals surface area (Å²) >= 11 is 0. The molecule has 1 aromatic carbocycles. The second kappa shape index (κ2) is 6.31. The number of benzene rings is 1. The van der Waals surface area contributed by atoms with Gasteiger partial charge in [-0.2, -0.15) is 0 Å². The lowest BCUT2D eigenvalue weighted by molar-refractivity contribution is 0.267. The van der Waals surface area contributed by atoms with Gasteiger partial charge in [0.2, 0.25) is 10.0 Å². The first-order chi connectivity index (χ1) is 8.75. The second-order valence-corrected chi connectivity index (χ2v) is 6.26. The first-order valence-corrected chi connectivity index (χ1v) is 7.50. The highest BCUT2D eigenvalue weighted by atomic mass is 32.2. The zero-order chi connectivity index (χ0) is 14.6. The van der Waals surface area contributed by atoms with Crippen LogP contribution in [-0.2, 0) is 10.0 Å². The predicted molar refractivity (Wildman–Crippen MR) is 71.7 cm³/mol. The van der Waals surface area contributed by atoms with E-state index in [1.807, 2.05) is 13.8 Å². The van der Waals surface area contributed by atoms with Gasteiger partial charge in [-0.25, -0.2) is 17.9 Å². The van der Waals surface area contributed by atoms with Crippen molar-refractivity contribution in [3.63, 3.8) is 0 Å². The third-order valence-corrected chi connectivity index (χ3v) is 3.77. The van der Waals surface area contributed by atoms with Crippen LogP contribution >= 0.6 is 0 Å². The number of rotatable bonds is 6. The molecule has 1 rings (SSSR count). The van der Waals surface area contributed by atoms with E-state index in [0.717, 1.165) is 6.07 Å². The lowest BCUT2D eigenvalue weighted by Gasteiger charge is -2.23. The number of aliphatic hydroxyl groups is 1. The number of nitrogens with two attached hydrogens (primary N) is 1. The van der Waals surface area contributed by atoms with Crippen LogP contribution in [0.5, 0.6) is 0 Å². The van der Waals surface area contributed by atoms with Gasteiger partial charge in [-0.3, -0.25) is 0 Å². The fourth-order valence-corrected chi connectivity index (χ4v) is 2.23. The average Bonchev–Trinajstić information content (AvgIpc) is 2.29. The quantitative estimate of drug-likeness (QED) is 0.736. The lowest BCUT2D eigenvalue weighted by Crippen LogP contribution is -2.27. The molecular weight excluding hydrogens is 271 g/mol. The minimum Gasteiger partial charge on any atom is -0.396 e. The Labute approximate surface area is 112 Å². The topological polar surface area (TPSA) is 92.4 Å². The standard InChI is InChI=1S/C12H19FN2O3S/c1-8(2)11(5-6-16)15-12-4-3-9(7-10(12)13)19(14,17)18/h3-4,7-8,11,15-16H,5-6H2,1-2H3,(H2,14,17,18). The lowest BCUT2D eigenvalue weighted by atomic mass is 10.0. The highest BCUT2D eigenvalue weighted by Gasteiger charge is 2.16. The minimum absolute atomic E-state index is 0.00721. The maximum atomic E-state index is 13.8. The van der Waals surface area contributed by atoms with E-state index in [4.69, 9.17) is 10.2 Å². The summed E-state index contributed by atoms with van der Waals surface area (Å²) in [4.78, 5) is -0.265. The number of hydrogen-bond donors (Lipinski definition) is 3. The van der Waals surface area contributed by atoms with Crippen LogP contribution in [-0.4, -0.2) is 26.2 Å². The zero-order valence-corrected chi connectivity index (χ0v) is 11.7. The maximum absolute atomic E-state index is 13.8. The van der Waals surface area contributed by atoms with E-state index in [2.05, 4.69) is 5.32 Å². The maximum Gasteiger partial charge on any atom is 0.238 e. The van der Waals surface area contributed by atoms with Crippen molar-refractivity contribution in [3.8, 4) is 0 Å². The van der Waals surface area contributed by atoms with Crippen LogP contribution in [0.25, 0.3) is 0 Å². The van der Waals surface area contributed by atoms with Gasteiger partial charge in [0.05, 0.1) is 10.6 Å². The van der Waals surface area contributed by atoms with Crippen molar-refractivity contribution < 1.29 is 17.9 Å². The number of hydrogen-bond acceptors (Lipinski definition) is 4. The van der Waals surface area contributed by atoms with Gasteiger partial charge in [-0.15, -0.1) is 0 Å². The number of primary sulfonamides is 1. The highest BCUT2D eigenvalue weighted by molar-refractivity contribution is 7.89. The molecule has 108 valence electrons. The molecule has 1 atom stereocenters. The molecule has 4 N–H and O–H groups in total. The number of aliphatic hydroxyl groups excluding tert-OH is 1. The molecule has 0 spiro atoms. The third-order valence-electron chi connectivity index (χ3n) is 2.85.